The van der Waals surface area contributed by atoms with Crippen molar-refractivity contribution in [2.45, 2.75) is 19.8 Å². The maximum absolute atomic E-state index is 12.6. The Balaban J connectivity index is 1.75. The Morgan fingerprint density at radius 1 is 1.27 bits per heavy atom. The number of rotatable bonds is 6. The van der Waals surface area contributed by atoms with Crippen molar-refractivity contribution in [1.82, 2.24) is 4.90 Å². The number of amidine groups is 1. The number of nitrogens with one attached hydrogen (secondary N) is 1. The van der Waals surface area contributed by atoms with Crippen molar-refractivity contribution in [3.05, 3.63) is 89.8 Å². The van der Waals surface area contributed by atoms with Crippen LogP contribution in [-0.4, -0.2) is 30.3 Å². The molecule has 0 aromatic heterocycles. The van der Waals surface area contributed by atoms with Gasteiger partial charge in [0.2, 0.25) is 6.43 Å². The first-order valence-corrected chi connectivity index (χ1v) is 9.76. The van der Waals surface area contributed by atoms with Crippen LogP contribution in [0.4, 0.5) is 14.5 Å². The summed E-state index contributed by atoms with van der Waals surface area (Å²) in [5, 5.41) is 3.38. The van der Waals surface area contributed by atoms with Gasteiger partial charge in [-0.2, -0.15) is 0 Å². The quantitative estimate of drug-likeness (QED) is 0.704. The molecule has 4 nitrogen and oxygen atoms in total. The summed E-state index contributed by atoms with van der Waals surface area (Å²) in [5.74, 6) is 0.781. The van der Waals surface area contributed by atoms with E-state index in [1.807, 2.05) is 43.3 Å². The van der Waals surface area contributed by atoms with Crippen LogP contribution in [0.15, 0.2) is 72.5 Å². The molecule has 2 aromatic carbocycles. The lowest BCUT2D eigenvalue weighted by atomic mass is 10.1. The minimum absolute atomic E-state index is 0.251. The summed E-state index contributed by atoms with van der Waals surface area (Å²) in [7, 11) is 0. The minimum Gasteiger partial charge on any atom is -0.403 e. The second kappa shape index (κ2) is 9.87. The number of nitrogens with zero attached hydrogens (tertiary/aromatic N) is 2. The Kier molecular flexibility index (Phi) is 7.01. The van der Waals surface area contributed by atoms with E-state index in [1.165, 1.54) is 0 Å². The van der Waals surface area contributed by atoms with Crippen molar-refractivity contribution in [1.29, 1.82) is 0 Å². The van der Waals surface area contributed by atoms with Crippen LogP contribution < -0.4 is 11.1 Å². The van der Waals surface area contributed by atoms with Gasteiger partial charge in [-0.1, -0.05) is 43.0 Å². The highest BCUT2D eigenvalue weighted by atomic mass is 19.3. The third kappa shape index (κ3) is 5.35. The molecule has 0 unspecified atom stereocenters. The summed E-state index contributed by atoms with van der Waals surface area (Å²) in [6.07, 6.45) is 4.49. The molecule has 156 valence electrons. The lowest BCUT2D eigenvalue weighted by Crippen LogP contribution is -2.32. The largest absolute Gasteiger partial charge is 0.403 e. The molecule has 1 heterocycles. The number of aliphatic imine (C=N–C) groups is 1. The Morgan fingerprint density at radius 3 is 2.67 bits per heavy atom. The van der Waals surface area contributed by atoms with E-state index in [0.29, 0.717) is 18.7 Å². The zero-order chi connectivity index (χ0) is 21.5. The van der Waals surface area contributed by atoms with Crippen molar-refractivity contribution >= 4 is 23.3 Å². The first-order chi connectivity index (χ1) is 14.5. The van der Waals surface area contributed by atoms with Gasteiger partial charge in [-0.05, 0) is 47.4 Å². The number of aryl methyl sites for hydroxylation is 1. The predicted octanol–water partition coefficient (Wildman–Crippen LogP) is 5.04. The maximum atomic E-state index is 12.6. The molecular weight excluding hydrogens is 382 g/mol. The van der Waals surface area contributed by atoms with Gasteiger partial charge < -0.3 is 16.0 Å². The van der Waals surface area contributed by atoms with Gasteiger partial charge in [0.25, 0.3) is 0 Å². The van der Waals surface area contributed by atoms with Crippen LogP contribution in [0.25, 0.3) is 11.8 Å². The first-order valence-electron chi connectivity index (χ1n) is 9.76. The lowest BCUT2D eigenvalue weighted by Gasteiger charge is -2.26. The highest BCUT2D eigenvalue weighted by Crippen LogP contribution is 2.22. The Bertz CT molecular complexity index is 975. The van der Waals surface area contributed by atoms with Crippen LogP contribution >= 0.6 is 0 Å². The normalized spacial score (nSPS) is 14.5. The molecule has 0 aliphatic carbocycles. The topological polar surface area (TPSA) is 53.7 Å². The summed E-state index contributed by atoms with van der Waals surface area (Å²) < 4.78 is 25.2. The van der Waals surface area contributed by atoms with Crippen LogP contribution in [0.2, 0.25) is 0 Å². The average molecular weight is 408 g/mol. The van der Waals surface area contributed by atoms with E-state index in [-0.39, 0.29) is 6.42 Å². The van der Waals surface area contributed by atoms with Crippen molar-refractivity contribution < 1.29 is 8.78 Å². The zero-order valence-corrected chi connectivity index (χ0v) is 17.0. The van der Waals surface area contributed by atoms with E-state index >= 15 is 0 Å². The van der Waals surface area contributed by atoms with E-state index < -0.39 is 6.43 Å². The van der Waals surface area contributed by atoms with E-state index in [9.17, 15) is 8.78 Å². The molecule has 3 N–H and O–H groups in total. The van der Waals surface area contributed by atoms with Gasteiger partial charge in [-0.3, -0.25) is 0 Å². The molecule has 3 rings (SSSR count). The molecule has 0 amide bonds. The fraction of sp³-hybridized carbons (Fsp3) is 0.208. The highest BCUT2D eigenvalue weighted by Gasteiger charge is 2.16. The second-order valence-corrected chi connectivity index (χ2v) is 7.09. The molecular formula is C24H26F2N4. The van der Waals surface area contributed by atoms with Crippen LogP contribution in [0.3, 0.4) is 0 Å². The van der Waals surface area contributed by atoms with Gasteiger partial charge in [-0.25, -0.2) is 13.8 Å². The van der Waals surface area contributed by atoms with Crippen molar-refractivity contribution in [2.24, 2.45) is 10.7 Å². The summed E-state index contributed by atoms with van der Waals surface area (Å²) >= 11 is 0. The number of benzene rings is 2. The predicted molar refractivity (Wildman–Crippen MR) is 121 cm³/mol. The molecule has 0 atom stereocenters. The summed E-state index contributed by atoms with van der Waals surface area (Å²) in [5.41, 5.74) is 11.4. The number of hydrogen-bond acceptors (Lipinski definition) is 4. The fourth-order valence-electron chi connectivity index (χ4n) is 3.38. The number of hydrogen-bond donors (Lipinski definition) is 2. The second-order valence-electron chi connectivity index (χ2n) is 7.09. The van der Waals surface area contributed by atoms with Gasteiger partial charge in [0.05, 0.1) is 12.2 Å². The molecule has 0 spiro atoms. The van der Waals surface area contributed by atoms with E-state index in [0.717, 1.165) is 33.9 Å². The minimum atomic E-state index is -2.36. The lowest BCUT2D eigenvalue weighted by molar-refractivity contribution is 0.149. The summed E-state index contributed by atoms with van der Waals surface area (Å²) in [6.45, 7) is 7.01. The van der Waals surface area contributed by atoms with Crippen LogP contribution in [0, 0.1) is 6.92 Å². The van der Waals surface area contributed by atoms with Crippen LogP contribution in [0.1, 0.15) is 22.3 Å². The molecule has 6 heteroatoms. The third-order valence-corrected chi connectivity index (χ3v) is 4.92. The smallest absolute Gasteiger partial charge is 0.242 e. The van der Waals surface area contributed by atoms with Crippen LogP contribution in [0.5, 0.6) is 0 Å². The average Bonchev–Trinajstić information content (AvgIpc) is 2.95. The molecule has 0 saturated heterocycles. The van der Waals surface area contributed by atoms with Gasteiger partial charge in [0, 0.05) is 31.1 Å². The summed E-state index contributed by atoms with van der Waals surface area (Å²) in [6, 6.07) is 13.2. The molecule has 0 radical (unpaired) electrons. The van der Waals surface area contributed by atoms with Crippen molar-refractivity contribution in [3.8, 4) is 0 Å². The standard InChI is InChI=1S/C24H26F2N4/c1-3-19-9-10-21(13-17(19)2)29-24-16-30(12-4-11-28-24)22(15-27)20-7-5-18(6-8-20)14-23(25)26/h3-11,13,15,23H,1,12,14,16,27H2,2H3,(H,28,29)/b22-15-. The maximum Gasteiger partial charge on any atom is 0.242 e. The van der Waals surface area contributed by atoms with Crippen molar-refractivity contribution in [2.75, 3.05) is 18.4 Å². The summed E-state index contributed by atoms with van der Waals surface area (Å²) in [4.78, 5) is 6.60. The van der Waals surface area contributed by atoms with Crippen molar-refractivity contribution in [3.63, 3.8) is 0 Å². The van der Waals surface area contributed by atoms with Gasteiger partial charge in [-0.15, -0.1) is 0 Å². The number of alkyl halides is 2. The Labute approximate surface area is 176 Å². The molecule has 0 fully saturated rings. The van der Waals surface area contributed by atoms with E-state index in [2.05, 4.69) is 27.9 Å². The fourth-order valence-corrected chi connectivity index (χ4v) is 3.38. The monoisotopic (exact) mass is 408 g/mol. The Morgan fingerprint density at radius 2 is 2.03 bits per heavy atom. The number of nitrogens with two attached hydrogens (primary N) is 1. The third-order valence-electron chi connectivity index (χ3n) is 4.92. The molecule has 1 aliphatic heterocycles. The van der Waals surface area contributed by atoms with Gasteiger partial charge >= 0.3 is 0 Å². The molecule has 0 saturated carbocycles. The molecule has 30 heavy (non-hydrogen) atoms. The highest BCUT2D eigenvalue weighted by molar-refractivity contribution is 5.98. The van der Waals surface area contributed by atoms with Crippen LogP contribution in [-0.2, 0) is 6.42 Å². The molecule has 1 aliphatic rings. The van der Waals surface area contributed by atoms with E-state index in [4.69, 9.17) is 5.73 Å². The van der Waals surface area contributed by atoms with Gasteiger partial charge in [0.15, 0.2) is 0 Å². The van der Waals surface area contributed by atoms with E-state index in [1.54, 1.807) is 24.5 Å². The zero-order valence-electron chi connectivity index (χ0n) is 17.0. The number of anilines is 1. The Hall–Kier alpha value is -3.41. The van der Waals surface area contributed by atoms with Gasteiger partial charge in [0.1, 0.15) is 5.84 Å². The number of halogens is 2. The first kappa shape index (κ1) is 21.3. The SMILES string of the molecule is C=Cc1ccc(NC2=NC=CCN(/C(=C\N)c3ccc(CC(F)F)cc3)C2)cc1C. The molecule has 0 bridgehead atoms. The molecule has 2 aromatic rings.